The molecule has 0 aliphatic heterocycles. The van der Waals surface area contributed by atoms with Crippen LogP contribution in [-0.4, -0.2) is 22.0 Å². The number of aromatic nitrogens is 2. The molecule has 138 valence electrons. The number of hydrogen-bond acceptors (Lipinski definition) is 8. The van der Waals surface area contributed by atoms with Crippen molar-refractivity contribution in [2.24, 2.45) is 0 Å². The van der Waals surface area contributed by atoms with Gasteiger partial charge in [-0.25, -0.2) is 0 Å². The minimum Gasteiger partial charge on any atom is -0.497 e. The van der Waals surface area contributed by atoms with E-state index in [0.717, 1.165) is 5.56 Å². The van der Waals surface area contributed by atoms with Gasteiger partial charge in [-0.3, -0.25) is 10.1 Å². The molecule has 9 nitrogen and oxygen atoms in total. The Morgan fingerprint density at radius 2 is 1.59 bits per heavy atom. The summed E-state index contributed by atoms with van der Waals surface area (Å²) in [4.78, 5) is 19.0. The van der Waals surface area contributed by atoms with E-state index in [0.29, 0.717) is 17.1 Å². The molecule has 0 saturated carbocycles. The Morgan fingerprint density at radius 1 is 1.00 bits per heavy atom. The molecule has 1 heterocycles. The number of aryl methyl sites for hydroxylation is 1. The van der Waals surface area contributed by atoms with E-state index < -0.39 is 4.92 Å². The first kappa shape index (κ1) is 17.9. The molecule has 0 aliphatic rings. The number of methoxy groups -OCH3 is 1. The lowest BCUT2D eigenvalue weighted by Crippen LogP contribution is -2.08. The maximum Gasteiger partial charge on any atom is 0.353 e. The number of nitrogen functional groups attached to an aromatic ring is 1. The Bertz CT molecular complexity index is 958. The first-order chi connectivity index (χ1) is 13.0. The third-order valence-electron chi connectivity index (χ3n) is 3.75. The first-order valence-electron chi connectivity index (χ1n) is 8.03. The Labute approximate surface area is 155 Å². The van der Waals surface area contributed by atoms with Crippen molar-refractivity contribution in [3.05, 3.63) is 64.2 Å². The average molecular weight is 366 g/mol. The van der Waals surface area contributed by atoms with E-state index in [1.165, 1.54) is 0 Å². The van der Waals surface area contributed by atoms with Crippen molar-refractivity contribution in [1.29, 1.82) is 0 Å². The van der Waals surface area contributed by atoms with Crippen LogP contribution in [0.5, 0.6) is 5.75 Å². The van der Waals surface area contributed by atoms with Crippen LogP contribution in [0.1, 0.15) is 5.56 Å². The maximum absolute atomic E-state index is 11.4. The number of nitrogens with zero attached hydrogens (tertiary/aromatic N) is 3. The predicted octanol–water partition coefficient (Wildman–Crippen LogP) is 3.77. The maximum atomic E-state index is 11.4. The zero-order chi connectivity index (χ0) is 19.4. The minimum absolute atomic E-state index is 0.00682. The summed E-state index contributed by atoms with van der Waals surface area (Å²) >= 11 is 0. The number of ether oxygens (including phenoxy) is 1. The molecule has 3 aromatic rings. The Kier molecular flexibility index (Phi) is 5.02. The third-order valence-corrected chi connectivity index (χ3v) is 3.75. The molecule has 0 amide bonds. The molecule has 9 heteroatoms. The van der Waals surface area contributed by atoms with Gasteiger partial charge < -0.3 is 21.1 Å². The highest BCUT2D eigenvalue weighted by Crippen LogP contribution is 2.32. The second kappa shape index (κ2) is 7.56. The van der Waals surface area contributed by atoms with Crippen LogP contribution in [0.4, 0.5) is 34.6 Å². The van der Waals surface area contributed by atoms with E-state index in [4.69, 9.17) is 10.5 Å². The monoisotopic (exact) mass is 366 g/mol. The summed E-state index contributed by atoms with van der Waals surface area (Å²) in [6.45, 7) is 1.95. The highest BCUT2D eigenvalue weighted by Gasteiger charge is 2.23. The van der Waals surface area contributed by atoms with Crippen molar-refractivity contribution < 1.29 is 9.66 Å². The minimum atomic E-state index is -0.608. The Balaban J connectivity index is 1.94. The summed E-state index contributed by atoms with van der Waals surface area (Å²) in [5, 5.41) is 17.3. The van der Waals surface area contributed by atoms with E-state index in [2.05, 4.69) is 20.6 Å². The highest BCUT2D eigenvalue weighted by molar-refractivity contribution is 5.75. The Hall–Kier alpha value is -3.88. The summed E-state index contributed by atoms with van der Waals surface area (Å²) in [6.07, 6.45) is 0. The SMILES string of the molecule is COc1ccc(Nc2nc(N)c([N+](=O)[O-])c(Nc3ccc(C)cc3)n2)cc1. The van der Waals surface area contributed by atoms with Crippen LogP contribution in [0.2, 0.25) is 0 Å². The highest BCUT2D eigenvalue weighted by atomic mass is 16.6. The van der Waals surface area contributed by atoms with Crippen molar-refractivity contribution in [3.63, 3.8) is 0 Å². The average Bonchev–Trinajstić information content (AvgIpc) is 2.63. The van der Waals surface area contributed by atoms with Crippen molar-refractivity contribution in [2.45, 2.75) is 6.92 Å². The number of hydrogen-bond donors (Lipinski definition) is 3. The van der Waals surface area contributed by atoms with Gasteiger partial charge in [-0.1, -0.05) is 17.7 Å². The molecule has 0 saturated heterocycles. The van der Waals surface area contributed by atoms with Gasteiger partial charge >= 0.3 is 5.69 Å². The number of nitrogens with one attached hydrogen (secondary N) is 2. The van der Waals surface area contributed by atoms with Crippen molar-refractivity contribution in [3.8, 4) is 5.75 Å². The lowest BCUT2D eigenvalue weighted by molar-refractivity contribution is -0.383. The van der Waals surface area contributed by atoms with E-state index in [1.54, 1.807) is 43.5 Å². The first-order valence-corrected chi connectivity index (χ1v) is 8.03. The van der Waals surface area contributed by atoms with E-state index in [-0.39, 0.29) is 23.3 Å². The largest absolute Gasteiger partial charge is 0.497 e. The topological polar surface area (TPSA) is 128 Å². The van der Waals surface area contributed by atoms with Crippen molar-refractivity contribution >= 4 is 34.6 Å². The fraction of sp³-hybridized carbons (Fsp3) is 0.111. The Morgan fingerprint density at radius 3 is 2.19 bits per heavy atom. The predicted molar refractivity (Wildman–Crippen MR) is 104 cm³/mol. The lowest BCUT2D eigenvalue weighted by atomic mass is 10.2. The van der Waals surface area contributed by atoms with E-state index in [9.17, 15) is 10.1 Å². The van der Waals surface area contributed by atoms with Gasteiger partial charge in [0.15, 0.2) is 0 Å². The van der Waals surface area contributed by atoms with Gasteiger partial charge in [0, 0.05) is 11.4 Å². The number of benzene rings is 2. The molecular formula is C18H18N6O3. The van der Waals surface area contributed by atoms with Crippen LogP contribution < -0.4 is 21.1 Å². The molecule has 0 atom stereocenters. The van der Waals surface area contributed by atoms with Gasteiger partial charge in [-0.05, 0) is 43.3 Å². The van der Waals surface area contributed by atoms with Gasteiger partial charge in [0.2, 0.25) is 17.6 Å². The molecule has 0 spiro atoms. The molecule has 27 heavy (non-hydrogen) atoms. The van der Waals surface area contributed by atoms with Crippen LogP contribution in [-0.2, 0) is 0 Å². The van der Waals surface area contributed by atoms with Crippen molar-refractivity contribution in [1.82, 2.24) is 9.97 Å². The summed E-state index contributed by atoms with van der Waals surface area (Å²) in [5.41, 5.74) is 7.83. The quantitative estimate of drug-likeness (QED) is 0.444. The molecule has 1 aromatic heterocycles. The second-order valence-electron chi connectivity index (χ2n) is 5.73. The standard InChI is InChI=1S/C18H18N6O3/c1-11-3-5-12(6-4-11)20-17-15(24(25)26)16(19)22-18(23-17)21-13-7-9-14(27-2)10-8-13/h3-10H,1-2H3,(H4,19,20,21,22,23). The zero-order valence-corrected chi connectivity index (χ0v) is 14.8. The third kappa shape index (κ3) is 4.21. The molecular weight excluding hydrogens is 348 g/mol. The van der Waals surface area contributed by atoms with Gasteiger partial charge in [0.1, 0.15) is 5.75 Å². The summed E-state index contributed by atoms with van der Waals surface area (Å²) in [6, 6.07) is 14.4. The molecule has 3 rings (SSSR count). The normalized spacial score (nSPS) is 10.3. The van der Waals surface area contributed by atoms with Crippen LogP contribution in [0.3, 0.4) is 0 Å². The van der Waals surface area contributed by atoms with Crippen LogP contribution in [0.15, 0.2) is 48.5 Å². The van der Waals surface area contributed by atoms with E-state index >= 15 is 0 Å². The molecule has 0 radical (unpaired) electrons. The number of rotatable bonds is 6. The molecule has 2 aromatic carbocycles. The molecule has 0 bridgehead atoms. The van der Waals surface area contributed by atoms with Crippen LogP contribution in [0.25, 0.3) is 0 Å². The summed E-state index contributed by atoms with van der Waals surface area (Å²) in [5.74, 6) is 0.609. The van der Waals surface area contributed by atoms with Gasteiger partial charge in [-0.15, -0.1) is 0 Å². The fourth-order valence-corrected chi connectivity index (χ4v) is 2.37. The van der Waals surface area contributed by atoms with Gasteiger partial charge in [0.05, 0.1) is 12.0 Å². The number of nitrogens with two attached hydrogens (primary N) is 1. The smallest absolute Gasteiger partial charge is 0.353 e. The van der Waals surface area contributed by atoms with Crippen LogP contribution in [0, 0.1) is 17.0 Å². The molecule has 0 unspecified atom stereocenters. The second-order valence-corrected chi connectivity index (χ2v) is 5.73. The van der Waals surface area contributed by atoms with Gasteiger partial charge in [-0.2, -0.15) is 9.97 Å². The lowest BCUT2D eigenvalue weighted by Gasteiger charge is -2.11. The molecule has 4 N–H and O–H groups in total. The van der Waals surface area contributed by atoms with E-state index in [1.807, 2.05) is 19.1 Å². The summed E-state index contributed by atoms with van der Waals surface area (Å²) in [7, 11) is 1.57. The number of nitro groups is 1. The zero-order valence-electron chi connectivity index (χ0n) is 14.8. The molecule has 0 aliphatic carbocycles. The van der Waals surface area contributed by atoms with Gasteiger partial charge in [0.25, 0.3) is 0 Å². The van der Waals surface area contributed by atoms with Crippen molar-refractivity contribution in [2.75, 3.05) is 23.5 Å². The molecule has 0 fully saturated rings. The fourth-order valence-electron chi connectivity index (χ4n) is 2.37. The van der Waals surface area contributed by atoms with Crippen LogP contribution >= 0.6 is 0 Å². The number of anilines is 5. The summed E-state index contributed by atoms with van der Waals surface area (Å²) < 4.78 is 5.11.